The van der Waals surface area contributed by atoms with Crippen molar-refractivity contribution in [3.8, 4) is 0 Å². The number of hydrogen-bond donors (Lipinski definition) is 1. The van der Waals surface area contributed by atoms with Gasteiger partial charge in [-0.1, -0.05) is 23.9 Å². The maximum atomic E-state index is 13.4. The third-order valence-corrected chi connectivity index (χ3v) is 4.87. The van der Waals surface area contributed by atoms with Crippen molar-refractivity contribution in [3.63, 3.8) is 0 Å². The van der Waals surface area contributed by atoms with Crippen molar-refractivity contribution >= 4 is 40.1 Å². The highest BCUT2D eigenvalue weighted by Crippen LogP contribution is 2.25. The molecule has 3 rings (SSSR count). The van der Waals surface area contributed by atoms with Gasteiger partial charge in [-0.15, -0.1) is 0 Å². The predicted molar refractivity (Wildman–Crippen MR) is 104 cm³/mol. The lowest BCUT2D eigenvalue weighted by molar-refractivity contribution is -0.387. The highest BCUT2D eigenvalue weighted by Gasteiger charge is 2.16. The van der Waals surface area contributed by atoms with Crippen LogP contribution in [0.4, 0.5) is 15.8 Å². The maximum Gasteiger partial charge on any atom is 0.306 e. The van der Waals surface area contributed by atoms with Crippen molar-refractivity contribution in [2.45, 2.75) is 11.7 Å². The lowest BCUT2D eigenvalue weighted by atomic mass is 10.2. The van der Waals surface area contributed by atoms with Crippen molar-refractivity contribution in [1.82, 2.24) is 9.55 Å². The Morgan fingerprint density at radius 2 is 2.14 bits per heavy atom. The molecule has 146 valence electrons. The van der Waals surface area contributed by atoms with E-state index in [0.29, 0.717) is 18.3 Å². The number of fused-ring (bicyclic) bond motifs is 1. The molecule has 0 aliphatic carbocycles. The minimum absolute atomic E-state index is 0.0431. The number of thioether (sulfide) groups is 1. The molecule has 1 amide bonds. The molecule has 0 fully saturated rings. The third kappa shape index (κ3) is 4.46. The number of nitro groups is 1. The van der Waals surface area contributed by atoms with E-state index in [-0.39, 0.29) is 17.3 Å². The van der Waals surface area contributed by atoms with Crippen molar-refractivity contribution in [3.05, 3.63) is 58.4 Å². The number of aromatic nitrogens is 2. The van der Waals surface area contributed by atoms with E-state index in [9.17, 15) is 19.3 Å². The Kier molecular flexibility index (Phi) is 6.22. The number of carbonyl (C=O) groups excluding carboxylic acids is 1. The number of imidazole rings is 1. The number of hydrogen-bond acceptors (Lipinski definition) is 6. The first-order chi connectivity index (χ1) is 13.5. The second kappa shape index (κ2) is 8.81. The molecule has 0 unspecified atom stereocenters. The zero-order valence-electron chi connectivity index (χ0n) is 14.9. The van der Waals surface area contributed by atoms with Crippen LogP contribution in [0.5, 0.6) is 0 Å². The Labute approximate surface area is 163 Å². The lowest BCUT2D eigenvalue weighted by Gasteiger charge is -2.08. The molecule has 0 aliphatic rings. The van der Waals surface area contributed by atoms with Gasteiger partial charge >= 0.3 is 5.69 Å². The van der Waals surface area contributed by atoms with Gasteiger partial charge < -0.3 is 14.6 Å². The Morgan fingerprint density at radius 1 is 1.36 bits per heavy atom. The normalized spacial score (nSPS) is 10.9. The van der Waals surface area contributed by atoms with Gasteiger partial charge in [-0.25, -0.2) is 4.98 Å². The predicted octanol–water partition coefficient (Wildman–Crippen LogP) is 3.46. The van der Waals surface area contributed by atoms with Gasteiger partial charge in [0, 0.05) is 25.4 Å². The van der Waals surface area contributed by atoms with Gasteiger partial charge in [-0.05, 0) is 24.3 Å². The fourth-order valence-corrected chi connectivity index (χ4v) is 3.46. The number of nitro benzene ring substituents is 1. The summed E-state index contributed by atoms with van der Waals surface area (Å²) in [5, 5.41) is 14.0. The summed E-state index contributed by atoms with van der Waals surface area (Å²) in [5.74, 6) is -1.29. The molecule has 0 bridgehead atoms. The van der Waals surface area contributed by atoms with E-state index >= 15 is 0 Å². The smallest absolute Gasteiger partial charge is 0.306 e. The molecular weight excluding hydrogens is 387 g/mol. The number of para-hydroxylation sites is 2. The Balaban J connectivity index is 1.71. The van der Waals surface area contributed by atoms with Crippen LogP contribution in [0.15, 0.2) is 47.6 Å². The topological polar surface area (TPSA) is 99.3 Å². The molecule has 3 aromatic rings. The summed E-state index contributed by atoms with van der Waals surface area (Å²) in [6.45, 7) is 1.09. The zero-order chi connectivity index (χ0) is 20.1. The first-order valence-corrected chi connectivity index (χ1v) is 9.29. The molecule has 0 saturated heterocycles. The molecule has 2 aromatic carbocycles. The summed E-state index contributed by atoms with van der Waals surface area (Å²) in [6, 6.07) is 10.9. The summed E-state index contributed by atoms with van der Waals surface area (Å²) in [5.41, 5.74) is 1.23. The minimum atomic E-state index is -0.954. The Bertz CT molecular complexity index is 1020. The molecule has 0 saturated carbocycles. The maximum absolute atomic E-state index is 13.4. The van der Waals surface area contributed by atoms with Crippen LogP contribution in [0.2, 0.25) is 0 Å². The average Bonchev–Trinajstić information content (AvgIpc) is 3.03. The monoisotopic (exact) mass is 404 g/mol. The van der Waals surface area contributed by atoms with Gasteiger partial charge in [0.1, 0.15) is 0 Å². The Hall–Kier alpha value is -2.98. The van der Waals surface area contributed by atoms with Crippen LogP contribution < -0.4 is 5.32 Å². The molecule has 0 spiro atoms. The fraction of sp³-hybridized carbons (Fsp3) is 0.222. The van der Waals surface area contributed by atoms with E-state index in [4.69, 9.17) is 4.74 Å². The van der Waals surface area contributed by atoms with Crippen LogP contribution in [0.25, 0.3) is 11.0 Å². The van der Waals surface area contributed by atoms with Crippen molar-refractivity contribution in [1.29, 1.82) is 0 Å². The molecule has 1 N–H and O–H groups in total. The standard InChI is InChI=1S/C18H17FN4O4S/c1-27-9-8-22-15-5-3-2-4-14(15)21-18(22)28-11-17(24)20-12-6-7-13(19)16(10-12)23(25)26/h2-7,10H,8-9,11H2,1H3,(H,20,24). The number of carbonyl (C=O) groups is 1. The number of nitrogens with one attached hydrogen (secondary N) is 1. The minimum Gasteiger partial charge on any atom is -0.383 e. The van der Waals surface area contributed by atoms with E-state index in [0.717, 1.165) is 23.2 Å². The molecule has 1 heterocycles. The molecule has 0 radical (unpaired) electrons. The third-order valence-electron chi connectivity index (χ3n) is 3.90. The summed E-state index contributed by atoms with van der Waals surface area (Å²) >= 11 is 1.24. The van der Waals surface area contributed by atoms with E-state index in [1.54, 1.807) is 7.11 Å². The van der Waals surface area contributed by atoms with Crippen molar-refractivity contribution in [2.24, 2.45) is 0 Å². The fourth-order valence-electron chi connectivity index (χ4n) is 2.62. The molecular formula is C18H17FN4O4S. The SMILES string of the molecule is COCCn1c(SCC(=O)Nc2ccc(F)c([N+](=O)[O-])c2)nc2ccccc21. The largest absolute Gasteiger partial charge is 0.383 e. The number of rotatable bonds is 8. The second-order valence-electron chi connectivity index (χ2n) is 5.79. The van der Waals surface area contributed by atoms with Gasteiger partial charge in [0.25, 0.3) is 0 Å². The first kappa shape index (κ1) is 19.8. The average molecular weight is 404 g/mol. The number of benzene rings is 2. The van der Waals surface area contributed by atoms with Gasteiger partial charge in [0.05, 0.1) is 28.3 Å². The number of nitrogens with zero attached hydrogens (tertiary/aromatic N) is 3. The second-order valence-corrected chi connectivity index (χ2v) is 6.73. The van der Waals surface area contributed by atoms with Crippen molar-refractivity contribution in [2.75, 3.05) is 24.8 Å². The first-order valence-electron chi connectivity index (χ1n) is 8.30. The van der Waals surface area contributed by atoms with Gasteiger partial charge in [0.15, 0.2) is 5.16 Å². The summed E-state index contributed by atoms with van der Waals surface area (Å²) in [7, 11) is 1.61. The molecule has 1 aromatic heterocycles. The van der Waals surface area contributed by atoms with Crippen LogP contribution in [0, 0.1) is 15.9 Å². The zero-order valence-corrected chi connectivity index (χ0v) is 15.7. The summed E-state index contributed by atoms with van der Waals surface area (Å²) < 4.78 is 20.5. The highest BCUT2D eigenvalue weighted by molar-refractivity contribution is 7.99. The van der Waals surface area contributed by atoms with Crippen LogP contribution in [-0.4, -0.2) is 39.9 Å². The lowest BCUT2D eigenvalue weighted by Crippen LogP contribution is -2.15. The highest BCUT2D eigenvalue weighted by atomic mass is 32.2. The summed E-state index contributed by atoms with van der Waals surface area (Å²) in [6.07, 6.45) is 0. The number of ether oxygens (including phenoxy) is 1. The molecule has 28 heavy (non-hydrogen) atoms. The van der Waals surface area contributed by atoms with Crippen LogP contribution in [0.1, 0.15) is 0 Å². The molecule has 10 heteroatoms. The quantitative estimate of drug-likeness (QED) is 0.351. The van der Waals surface area contributed by atoms with Crippen LogP contribution >= 0.6 is 11.8 Å². The van der Waals surface area contributed by atoms with Crippen LogP contribution in [0.3, 0.4) is 0 Å². The molecule has 0 atom stereocenters. The Morgan fingerprint density at radius 3 is 2.89 bits per heavy atom. The van der Waals surface area contributed by atoms with Gasteiger partial charge in [-0.3, -0.25) is 14.9 Å². The van der Waals surface area contributed by atoms with E-state index in [1.165, 1.54) is 17.8 Å². The van der Waals surface area contributed by atoms with Gasteiger partial charge in [-0.2, -0.15) is 4.39 Å². The number of methoxy groups -OCH3 is 1. The number of anilines is 1. The van der Waals surface area contributed by atoms with Gasteiger partial charge in [0.2, 0.25) is 11.7 Å². The summed E-state index contributed by atoms with van der Waals surface area (Å²) in [4.78, 5) is 26.8. The number of amides is 1. The molecule has 8 nitrogen and oxygen atoms in total. The van der Waals surface area contributed by atoms with E-state index in [2.05, 4.69) is 10.3 Å². The molecule has 0 aliphatic heterocycles. The van der Waals surface area contributed by atoms with Crippen LogP contribution in [-0.2, 0) is 16.1 Å². The number of halogens is 1. The van der Waals surface area contributed by atoms with E-state index < -0.39 is 16.4 Å². The van der Waals surface area contributed by atoms with E-state index in [1.807, 2.05) is 28.8 Å². The van der Waals surface area contributed by atoms with Crippen molar-refractivity contribution < 1.29 is 18.8 Å².